The molecule has 0 spiro atoms. The van der Waals surface area contributed by atoms with Crippen LogP contribution in [0, 0.1) is 5.92 Å². The van der Waals surface area contributed by atoms with Gasteiger partial charge in [-0.25, -0.2) is 9.37 Å². The van der Waals surface area contributed by atoms with E-state index in [9.17, 15) is 14.0 Å². The highest BCUT2D eigenvalue weighted by molar-refractivity contribution is 5.95. The Morgan fingerprint density at radius 1 is 1.21 bits per heavy atom. The number of aromatic nitrogens is 1. The van der Waals surface area contributed by atoms with Gasteiger partial charge in [-0.1, -0.05) is 0 Å². The monoisotopic (exact) mass is 334 g/mol. The number of alkyl halides is 1. The van der Waals surface area contributed by atoms with Crippen molar-refractivity contribution >= 4 is 23.3 Å². The SMILES string of the molecule is CC(C)(F)C(=O)Nc1ccc(N2CCN(C(=O)C3CC3)CC2)cn1. The van der Waals surface area contributed by atoms with Gasteiger partial charge >= 0.3 is 0 Å². The Labute approximate surface area is 141 Å². The lowest BCUT2D eigenvalue weighted by atomic mass is 10.1. The van der Waals surface area contributed by atoms with Gasteiger partial charge in [0.1, 0.15) is 5.82 Å². The van der Waals surface area contributed by atoms with E-state index in [1.807, 2.05) is 11.0 Å². The van der Waals surface area contributed by atoms with Crippen molar-refractivity contribution in [2.75, 3.05) is 36.4 Å². The van der Waals surface area contributed by atoms with E-state index < -0.39 is 11.6 Å². The lowest BCUT2D eigenvalue weighted by Crippen LogP contribution is -2.49. The number of amides is 2. The van der Waals surface area contributed by atoms with Gasteiger partial charge < -0.3 is 15.1 Å². The maximum absolute atomic E-state index is 13.5. The number of hydrogen-bond donors (Lipinski definition) is 1. The van der Waals surface area contributed by atoms with Crippen LogP contribution >= 0.6 is 0 Å². The molecule has 1 aliphatic heterocycles. The molecule has 1 aromatic rings. The van der Waals surface area contributed by atoms with Crippen molar-refractivity contribution in [2.24, 2.45) is 5.92 Å². The van der Waals surface area contributed by atoms with Crippen molar-refractivity contribution in [3.63, 3.8) is 0 Å². The first kappa shape index (κ1) is 16.7. The first-order valence-electron chi connectivity index (χ1n) is 8.35. The van der Waals surface area contributed by atoms with Crippen molar-refractivity contribution in [3.05, 3.63) is 18.3 Å². The van der Waals surface area contributed by atoms with E-state index in [2.05, 4.69) is 15.2 Å². The number of carbonyl (C=O) groups is 2. The summed E-state index contributed by atoms with van der Waals surface area (Å²) < 4.78 is 13.5. The van der Waals surface area contributed by atoms with Crippen LogP contribution in [-0.4, -0.2) is 53.5 Å². The first-order valence-corrected chi connectivity index (χ1v) is 8.35. The molecule has 2 amide bonds. The van der Waals surface area contributed by atoms with Crippen molar-refractivity contribution in [1.29, 1.82) is 0 Å². The molecular formula is C17H23FN4O2. The van der Waals surface area contributed by atoms with Crippen LogP contribution in [0.2, 0.25) is 0 Å². The normalized spacial score (nSPS) is 18.5. The fraction of sp³-hybridized carbons (Fsp3) is 0.588. The largest absolute Gasteiger partial charge is 0.367 e. The summed E-state index contributed by atoms with van der Waals surface area (Å²) in [7, 11) is 0. The maximum Gasteiger partial charge on any atom is 0.262 e. The summed E-state index contributed by atoms with van der Waals surface area (Å²) in [4.78, 5) is 31.9. The van der Waals surface area contributed by atoms with E-state index >= 15 is 0 Å². The minimum Gasteiger partial charge on any atom is -0.367 e. The Kier molecular flexibility index (Phi) is 4.43. The summed E-state index contributed by atoms with van der Waals surface area (Å²) >= 11 is 0. The molecule has 6 nitrogen and oxygen atoms in total. The number of nitrogens with one attached hydrogen (secondary N) is 1. The quantitative estimate of drug-likeness (QED) is 0.912. The molecule has 1 N–H and O–H groups in total. The van der Waals surface area contributed by atoms with Crippen LogP contribution in [-0.2, 0) is 9.59 Å². The Morgan fingerprint density at radius 2 is 1.88 bits per heavy atom. The predicted molar refractivity (Wildman–Crippen MR) is 89.6 cm³/mol. The minimum atomic E-state index is -1.94. The van der Waals surface area contributed by atoms with E-state index in [4.69, 9.17) is 0 Å². The molecular weight excluding hydrogens is 311 g/mol. The summed E-state index contributed by atoms with van der Waals surface area (Å²) in [6, 6.07) is 3.52. The summed E-state index contributed by atoms with van der Waals surface area (Å²) in [6.45, 7) is 5.40. The van der Waals surface area contributed by atoms with Crippen LogP contribution in [0.15, 0.2) is 18.3 Å². The van der Waals surface area contributed by atoms with Crippen LogP contribution in [0.1, 0.15) is 26.7 Å². The van der Waals surface area contributed by atoms with Gasteiger partial charge in [-0.05, 0) is 38.8 Å². The number of hydrogen-bond acceptors (Lipinski definition) is 4. The Hall–Kier alpha value is -2.18. The molecule has 2 heterocycles. The summed E-state index contributed by atoms with van der Waals surface area (Å²) in [5.41, 5.74) is -1.00. The highest BCUT2D eigenvalue weighted by atomic mass is 19.1. The second-order valence-electron chi connectivity index (χ2n) is 6.91. The molecule has 1 aromatic heterocycles. The number of carbonyl (C=O) groups excluding carboxylic acids is 2. The Balaban J connectivity index is 1.54. The summed E-state index contributed by atoms with van der Waals surface area (Å²) in [6.07, 6.45) is 3.73. The van der Waals surface area contributed by atoms with Gasteiger partial charge in [-0.3, -0.25) is 9.59 Å². The van der Waals surface area contributed by atoms with Gasteiger partial charge in [0, 0.05) is 32.1 Å². The molecule has 3 rings (SSSR count). The number of halogens is 1. The number of nitrogens with zero attached hydrogens (tertiary/aromatic N) is 3. The standard InChI is InChI=1S/C17H23FN4O2/c1-17(2,18)16(24)20-14-6-5-13(11-19-14)21-7-9-22(10-8-21)15(23)12-3-4-12/h5-6,11-12H,3-4,7-10H2,1-2H3,(H,19,20,24). The van der Waals surface area contributed by atoms with Crippen molar-refractivity contribution < 1.29 is 14.0 Å². The zero-order chi connectivity index (χ0) is 17.3. The predicted octanol–water partition coefficient (Wildman–Crippen LogP) is 1.83. The van der Waals surface area contributed by atoms with E-state index in [1.54, 1.807) is 12.3 Å². The van der Waals surface area contributed by atoms with Gasteiger partial charge in [0.2, 0.25) is 5.91 Å². The van der Waals surface area contributed by atoms with Crippen molar-refractivity contribution in [2.45, 2.75) is 32.4 Å². The molecule has 2 fully saturated rings. The molecule has 0 radical (unpaired) electrons. The lowest BCUT2D eigenvalue weighted by Gasteiger charge is -2.36. The molecule has 7 heteroatoms. The van der Waals surface area contributed by atoms with Crippen LogP contribution in [0.5, 0.6) is 0 Å². The third kappa shape index (κ3) is 3.83. The second kappa shape index (κ2) is 6.37. The summed E-state index contributed by atoms with van der Waals surface area (Å²) in [5.74, 6) is 0.174. The average Bonchev–Trinajstić information content (AvgIpc) is 3.39. The molecule has 2 aliphatic rings. The van der Waals surface area contributed by atoms with Crippen molar-refractivity contribution in [3.8, 4) is 0 Å². The highest BCUT2D eigenvalue weighted by Crippen LogP contribution is 2.31. The zero-order valence-electron chi connectivity index (χ0n) is 14.1. The molecule has 0 unspecified atom stereocenters. The van der Waals surface area contributed by atoms with Gasteiger partial charge in [0.25, 0.3) is 5.91 Å². The van der Waals surface area contributed by atoms with E-state index in [-0.39, 0.29) is 5.92 Å². The number of rotatable bonds is 4. The number of piperazine rings is 1. The van der Waals surface area contributed by atoms with Gasteiger partial charge in [0.05, 0.1) is 11.9 Å². The molecule has 0 bridgehead atoms. The fourth-order valence-corrected chi connectivity index (χ4v) is 2.69. The van der Waals surface area contributed by atoms with E-state index in [0.717, 1.165) is 44.7 Å². The number of pyridine rings is 1. The van der Waals surface area contributed by atoms with E-state index in [0.29, 0.717) is 11.7 Å². The minimum absolute atomic E-state index is 0.265. The molecule has 24 heavy (non-hydrogen) atoms. The smallest absolute Gasteiger partial charge is 0.262 e. The molecule has 1 saturated heterocycles. The molecule has 130 valence electrons. The van der Waals surface area contributed by atoms with Crippen molar-refractivity contribution in [1.82, 2.24) is 9.88 Å². The van der Waals surface area contributed by atoms with E-state index in [1.165, 1.54) is 13.8 Å². The topological polar surface area (TPSA) is 65.5 Å². The van der Waals surface area contributed by atoms with Gasteiger partial charge in [-0.2, -0.15) is 0 Å². The lowest BCUT2D eigenvalue weighted by molar-refractivity contribution is -0.132. The van der Waals surface area contributed by atoms with Gasteiger partial charge in [-0.15, -0.1) is 0 Å². The van der Waals surface area contributed by atoms with Crippen LogP contribution in [0.4, 0.5) is 15.9 Å². The average molecular weight is 334 g/mol. The number of anilines is 2. The third-order valence-corrected chi connectivity index (χ3v) is 4.41. The molecule has 1 aliphatic carbocycles. The molecule has 0 atom stereocenters. The second-order valence-corrected chi connectivity index (χ2v) is 6.91. The maximum atomic E-state index is 13.5. The van der Waals surface area contributed by atoms with Crippen LogP contribution in [0.3, 0.4) is 0 Å². The van der Waals surface area contributed by atoms with Gasteiger partial charge in [0.15, 0.2) is 5.67 Å². The van der Waals surface area contributed by atoms with Crippen LogP contribution in [0.25, 0.3) is 0 Å². The fourth-order valence-electron chi connectivity index (χ4n) is 2.69. The Morgan fingerprint density at radius 3 is 2.38 bits per heavy atom. The summed E-state index contributed by atoms with van der Waals surface area (Å²) in [5, 5.41) is 2.46. The van der Waals surface area contributed by atoms with Crippen LogP contribution < -0.4 is 10.2 Å². The third-order valence-electron chi connectivity index (χ3n) is 4.41. The highest BCUT2D eigenvalue weighted by Gasteiger charge is 2.34. The Bertz CT molecular complexity index is 614. The first-order chi connectivity index (χ1) is 11.3. The zero-order valence-corrected chi connectivity index (χ0v) is 14.1. The molecule has 1 saturated carbocycles. The molecule has 0 aromatic carbocycles.